The predicted molar refractivity (Wildman–Crippen MR) is 62.9 cm³/mol. The number of anilines is 1. The van der Waals surface area contributed by atoms with Crippen LogP contribution in [0.5, 0.6) is 0 Å². The molecule has 3 nitrogen and oxygen atoms in total. The van der Waals surface area contributed by atoms with Crippen LogP contribution < -0.4 is 10.6 Å². The first-order chi connectivity index (χ1) is 7.29. The minimum Gasteiger partial charge on any atom is -0.373 e. The first-order valence-electron chi connectivity index (χ1n) is 5.66. The molecule has 0 aromatic carbocycles. The maximum absolute atomic E-state index is 4.34. The normalized spacial score (nSPS) is 26.3. The molecule has 82 valence electrons. The van der Waals surface area contributed by atoms with Crippen LogP contribution in [0.15, 0.2) is 18.3 Å². The Bertz CT molecular complexity index is 299. The number of hydrogen-bond acceptors (Lipinski definition) is 3. The monoisotopic (exact) mass is 205 g/mol. The first kappa shape index (κ1) is 10.4. The van der Waals surface area contributed by atoms with Crippen LogP contribution in [-0.2, 0) is 0 Å². The average Bonchev–Trinajstić information content (AvgIpc) is 2.30. The van der Waals surface area contributed by atoms with Crippen molar-refractivity contribution in [3.8, 4) is 0 Å². The predicted octanol–water partition coefficient (Wildman–Crippen LogP) is 2.18. The fraction of sp³-hybridized carbons (Fsp3) is 0.583. The van der Waals surface area contributed by atoms with E-state index in [-0.39, 0.29) is 0 Å². The van der Waals surface area contributed by atoms with Crippen molar-refractivity contribution in [1.82, 2.24) is 10.3 Å². The standard InChI is InChI=1S/C12H19N3/c1-9-3-5-11(14-7-9)10-4-6-12(13-2)15-8-10/h4,6,8-9,11,14H,3,5,7H2,1-2H3,(H,13,15). The average molecular weight is 205 g/mol. The van der Waals surface area contributed by atoms with Crippen LogP contribution in [0.2, 0.25) is 0 Å². The summed E-state index contributed by atoms with van der Waals surface area (Å²) in [5.74, 6) is 1.74. The number of nitrogens with one attached hydrogen (secondary N) is 2. The Morgan fingerprint density at radius 2 is 2.27 bits per heavy atom. The minimum absolute atomic E-state index is 0.500. The Labute approximate surface area is 91.3 Å². The van der Waals surface area contributed by atoms with Gasteiger partial charge in [-0.25, -0.2) is 4.98 Å². The van der Waals surface area contributed by atoms with Gasteiger partial charge in [-0.2, -0.15) is 0 Å². The van der Waals surface area contributed by atoms with E-state index in [4.69, 9.17) is 0 Å². The van der Waals surface area contributed by atoms with E-state index in [2.05, 4.69) is 28.6 Å². The molecule has 1 aromatic heterocycles. The Morgan fingerprint density at radius 3 is 2.80 bits per heavy atom. The third-order valence-electron chi connectivity index (χ3n) is 3.11. The summed E-state index contributed by atoms with van der Waals surface area (Å²) >= 11 is 0. The summed E-state index contributed by atoms with van der Waals surface area (Å²) in [5, 5.41) is 6.59. The van der Waals surface area contributed by atoms with Gasteiger partial charge < -0.3 is 10.6 Å². The lowest BCUT2D eigenvalue weighted by molar-refractivity contribution is 0.332. The zero-order valence-electron chi connectivity index (χ0n) is 9.46. The van der Waals surface area contributed by atoms with E-state index in [1.165, 1.54) is 18.4 Å². The highest BCUT2D eigenvalue weighted by molar-refractivity contribution is 5.35. The molecule has 1 aliphatic rings. The molecular weight excluding hydrogens is 186 g/mol. The van der Waals surface area contributed by atoms with Gasteiger partial charge in [-0.05, 0) is 36.9 Å². The fourth-order valence-electron chi connectivity index (χ4n) is 2.04. The summed E-state index contributed by atoms with van der Waals surface area (Å²) in [6, 6.07) is 4.70. The second-order valence-electron chi connectivity index (χ2n) is 4.37. The highest BCUT2D eigenvalue weighted by Gasteiger charge is 2.18. The molecule has 1 saturated heterocycles. The molecular formula is C12H19N3. The van der Waals surface area contributed by atoms with Crippen LogP contribution in [0, 0.1) is 5.92 Å². The van der Waals surface area contributed by atoms with Gasteiger partial charge in [-0.15, -0.1) is 0 Å². The van der Waals surface area contributed by atoms with Crippen LogP contribution in [-0.4, -0.2) is 18.6 Å². The summed E-state index contributed by atoms with van der Waals surface area (Å²) in [4.78, 5) is 4.34. The van der Waals surface area contributed by atoms with E-state index >= 15 is 0 Å². The smallest absolute Gasteiger partial charge is 0.125 e. The van der Waals surface area contributed by atoms with Gasteiger partial charge >= 0.3 is 0 Å². The molecule has 0 aliphatic carbocycles. The molecule has 1 aromatic rings. The van der Waals surface area contributed by atoms with Crippen LogP contribution in [0.25, 0.3) is 0 Å². The van der Waals surface area contributed by atoms with Gasteiger partial charge in [0, 0.05) is 19.3 Å². The highest BCUT2D eigenvalue weighted by atomic mass is 15.0. The van der Waals surface area contributed by atoms with E-state index in [0.29, 0.717) is 6.04 Å². The van der Waals surface area contributed by atoms with Crippen LogP contribution in [0.3, 0.4) is 0 Å². The van der Waals surface area contributed by atoms with Crippen molar-refractivity contribution < 1.29 is 0 Å². The Kier molecular flexibility index (Phi) is 3.21. The lowest BCUT2D eigenvalue weighted by Crippen LogP contribution is -2.31. The maximum atomic E-state index is 4.34. The number of piperidine rings is 1. The SMILES string of the molecule is CNc1ccc(C2CCC(C)CN2)cn1. The lowest BCUT2D eigenvalue weighted by Gasteiger charge is -2.27. The summed E-state index contributed by atoms with van der Waals surface area (Å²) in [6.07, 6.45) is 4.51. The van der Waals surface area contributed by atoms with Crippen LogP contribution in [0.1, 0.15) is 31.4 Å². The Hall–Kier alpha value is -1.09. The summed E-state index contributed by atoms with van der Waals surface area (Å²) in [6.45, 7) is 3.42. The van der Waals surface area contributed by atoms with Gasteiger partial charge in [-0.1, -0.05) is 13.0 Å². The van der Waals surface area contributed by atoms with E-state index in [9.17, 15) is 0 Å². The van der Waals surface area contributed by atoms with Crippen molar-refractivity contribution >= 4 is 5.82 Å². The van der Waals surface area contributed by atoms with E-state index < -0.39 is 0 Å². The number of pyridine rings is 1. The summed E-state index contributed by atoms with van der Waals surface area (Å²) in [5.41, 5.74) is 1.31. The summed E-state index contributed by atoms with van der Waals surface area (Å²) in [7, 11) is 1.89. The minimum atomic E-state index is 0.500. The van der Waals surface area contributed by atoms with Crippen molar-refractivity contribution in [3.05, 3.63) is 23.9 Å². The molecule has 2 atom stereocenters. The molecule has 2 heterocycles. The quantitative estimate of drug-likeness (QED) is 0.777. The van der Waals surface area contributed by atoms with Gasteiger partial charge in [0.25, 0.3) is 0 Å². The largest absolute Gasteiger partial charge is 0.373 e. The van der Waals surface area contributed by atoms with Crippen molar-refractivity contribution in [2.75, 3.05) is 18.9 Å². The number of rotatable bonds is 2. The van der Waals surface area contributed by atoms with E-state index in [1.807, 2.05) is 19.3 Å². The second kappa shape index (κ2) is 4.62. The first-order valence-corrected chi connectivity index (χ1v) is 5.66. The van der Waals surface area contributed by atoms with Crippen molar-refractivity contribution in [2.24, 2.45) is 5.92 Å². The number of hydrogen-bond donors (Lipinski definition) is 2. The molecule has 0 radical (unpaired) electrons. The molecule has 2 N–H and O–H groups in total. The molecule has 0 saturated carbocycles. The van der Waals surface area contributed by atoms with Gasteiger partial charge in [0.2, 0.25) is 0 Å². The van der Waals surface area contributed by atoms with Gasteiger partial charge in [0.05, 0.1) is 0 Å². The molecule has 2 unspecified atom stereocenters. The third-order valence-corrected chi connectivity index (χ3v) is 3.11. The van der Waals surface area contributed by atoms with E-state index in [0.717, 1.165) is 18.3 Å². The topological polar surface area (TPSA) is 37.0 Å². The lowest BCUT2D eigenvalue weighted by atomic mass is 9.93. The Morgan fingerprint density at radius 1 is 1.40 bits per heavy atom. The zero-order valence-corrected chi connectivity index (χ0v) is 9.46. The number of nitrogens with zero attached hydrogens (tertiary/aromatic N) is 1. The maximum Gasteiger partial charge on any atom is 0.125 e. The van der Waals surface area contributed by atoms with E-state index in [1.54, 1.807) is 0 Å². The molecule has 1 aliphatic heterocycles. The second-order valence-corrected chi connectivity index (χ2v) is 4.37. The molecule has 0 spiro atoms. The van der Waals surface area contributed by atoms with Crippen molar-refractivity contribution in [3.63, 3.8) is 0 Å². The van der Waals surface area contributed by atoms with Gasteiger partial charge in [0.1, 0.15) is 5.82 Å². The fourth-order valence-corrected chi connectivity index (χ4v) is 2.04. The highest BCUT2D eigenvalue weighted by Crippen LogP contribution is 2.25. The zero-order chi connectivity index (χ0) is 10.7. The third kappa shape index (κ3) is 2.48. The molecule has 3 heteroatoms. The van der Waals surface area contributed by atoms with Crippen molar-refractivity contribution in [2.45, 2.75) is 25.8 Å². The van der Waals surface area contributed by atoms with Gasteiger partial charge in [-0.3, -0.25) is 0 Å². The molecule has 0 bridgehead atoms. The molecule has 1 fully saturated rings. The van der Waals surface area contributed by atoms with Crippen LogP contribution >= 0.6 is 0 Å². The van der Waals surface area contributed by atoms with Crippen LogP contribution in [0.4, 0.5) is 5.82 Å². The Balaban J connectivity index is 2.03. The van der Waals surface area contributed by atoms with Crippen molar-refractivity contribution in [1.29, 1.82) is 0 Å². The van der Waals surface area contributed by atoms with Gasteiger partial charge in [0.15, 0.2) is 0 Å². The molecule has 15 heavy (non-hydrogen) atoms. The summed E-state index contributed by atoms with van der Waals surface area (Å²) < 4.78 is 0. The molecule has 0 amide bonds. The number of aromatic nitrogens is 1. The molecule has 2 rings (SSSR count).